The molecule has 1 amide bonds. The summed E-state index contributed by atoms with van der Waals surface area (Å²) in [6.07, 6.45) is 0.218. The number of hydrogen-bond donors (Lipinski definition) is 1. The lowest BCUT2D eigenvalue weighted by Gasteiger charge is -2.04. The second kappa shape index (κ2) is 9.05. The first-order chi connectivity index (χ1) is 14.7. The lowest BCUT2D eigenvalue weighted by atomic mass is 10.0. The van der Waals surface area contributed by atoms with Crippen LogP contribution in [0.15, 0.2) is 83.3 Å². The number of carbonyl (C=O) groups excluding carboxylic acids is 1. The Morgan fingerprint density at radius 3 is 2.23 bits per heavy atom. The first-order valence-electron chi connectivity index (χ1n) is 9.72. The third-order valence-electron chi connectivity index (χ3n) is 4.51. The number of amides is 1. The van der Waals surface area contributed by atoms with Crippen molar-refractivity contribution in [1.29, 1.82) is 0 Å². The van der Waals surface area contributed by atoms with Crippen molar-refractivity contribution in [3.8, 4) is 28.3 Å². The third-order valence-corrected chi connectivity index (χ3v) is 4.51. The Hall–Kier alpha value is -3.93. The van der Waals surface area contributed by atoms with Crippen molar-refractivity contribution >= 4 is 11.9 Å². The number of carbonyl (C=O) groups is 1. The van der Waals surface area contributed by atoms with Crippen molar-refractivity contribution in [1.82, 2.24) is 10.2 Å². The molecule has 3 aromatic carbocycles. The van der Waals surface area contributed by atoms with Gasteiger partial charge in [-0.25, -0.2) is 0 Å². The van der Waals surface area contributed by atoms with Gasteiger partial charge in [0.1, 0.15) is 5.75 Å². The van der Waals surface area contributed by atoms with E-state index in [2.05, 4.69) is 27.6 Å². The summed E-state index contributed by atoms with van der Waals surface area (Å²) in [5.74, 6) is 0.887. The van der Waals surface area contributed by atoms with Gasteiger partial charge in [-0.3, -0.25) is 10.1 Å². The van der Waals surface area contributed by atoms with Crippen LogP contribution in [0.4, 0.5) is 6.01 Å². The molecule has 0 fully saturated rings. The molecule has 0 aliphatic heterocycles. The van der Waals surface area contributed by atoms with Gasteiger partial charge in [-0.1, -0.05) is 59.7 Å². The molecular weight excluding hydrogens is 378 g/mol. The zero-order chi connectivity index (χ0) is 20.8. The molecule has 0 spiro atoms. The molecule has 0 unspecified atom stereocenters. The molecule has 30 heavy (non-hydrogen) atoms. The number of nitrogens with zero attached hydrogens (tertiary/aromatic N) is 2. The van der Waals surface area contributed by atoms with E-state index in [1.54, 1.807) is 0 Å². The Balaban J connectivity index is 1.36. The predicted octanol–water partition coefficient (Wildman–Crippen LogP) is 4.98. The highest BCUT2D eigenvalue weighted by Crippen LogP contribution is 2.23. The van der Waals surface area contributed by atoms with Crippen LogP contribution in [0.2, 0.25) is 0 Å². The number of rotatable bonds is 7. The van der Waals surface area contributed by atoms with Gasteiger partial charge in [-0.05, 0) is 47.9 Å². The monoisotopic (exact) mass is 399 g/mol. The summed E-state index contributed by atoms with van der Waals surface area (Å²) < 4.78 is 11.0. The molecule has 6 nitrogen and oxygen atoms in total. The van der Waals surface area contributed by atoms with Crippen LogP contribution < -0.4 is 10.1 Å². The number of ether oxygens (including phenoxy) is 1. The van der Waals surface area contributed by atoms with Crippen LogP contribution in [-0.4, -0.2) is 22.7 Å². The van der Waals surface area contributed by atoms with Gasteiger partial charge in [0.05, 0.1) is 13.0 Å². The minimum atomic E-state index is -0.218. The summed E-state index contributed by atoms with van der Waals surface area (Å²) in [6, 6.07) is 25.4. The summed E-state index contributed by atoms with van der Waals surface area (Å²) in [4.78, 5) is 12.3. The van der Waals surface area contributed by atoms with Gasteiger partial charge < -0.3 is 9.15 Å². The van der Waals surface area contributed by atoms with Crippen molar-refractivity contribution in [3.63, 3.8) is 0 Å². The maximum Gasteiger partial charge on any atom is 0.322 e. The van der Waals surface area contributed by atoms with Gasteiger partial charge in [0.25, 0.3) is 0 Å². The van der Waals surface area contributed by atoms with E-state index in [0.29, 0.717) is 12.5 Å². The summed E-state index contributed by atoms with van der Waals surface area (Å²) in [5, 5.41) is 10.6. The third kappa shape index (κ3) is 4.72. The summed E-state index contributed by atoms with van der Waals surface area (Å²) in [6.45, 7) is 2.53. The van der Waals surface area contributed by atoms with Crippen LogP contribution >= 0.6 is 0 Å². The average Bonchev–Trinajstić information content (AvgIpc) is 3.24. The van der Waals surface area contributed by atoms with Crippen LogP contribution in [0.5, 0.6) is 5.75 Å². The average molecular weight is 399 g/mol. The highest BCUT2D eigenvalue weighted by atomic mass is 16.5. The molecule has 0 aliphatic rings. The van der Waals surface area contributed by atoms with Crippen LogP contribution in [-0.2, 0) is 11.2 Å². The quantitative estimate of drug-likeness (QED) is 0.474. The number of nitrogens with one attached hydrogen (secondary N) is 1. The minimum absolute atomic E-state index is 0.0739. The number of hydrogen-bond acceptors (Lipinski definition) is 5. The Morgan fingerprint density at radius 1 is 0.867 bits per heavy atom. The van der Waals surface area contributed by atoms with Crippen molar-refractivity contribution in [2.24, 2.45) is 0 Å². The molecule has 6 heteroatoms. The summed E-state index contributed by atoms with van der Waals surface area (Å²) in [7, 11) is 0. The second-order valence-corrected chi connectivity index (χ2v) is 6.66. The van der Waals surface area contributed by atoms with E-state index in [1.807, 2.05) is 73.7 Å². The fourth-order valence-corrected chi connectivity index (χ4v) is 3.05. The predicted molar refractivity (Wildman–Crippen MR) is 115 cm³/mol. The number of aromatic nitrogens is 2. The van der Waals surface area contributed by atoms with E-state index in [4.69, 9.17) is 9.15 Å². The largest absolute Gasteiger partial charge is 0.494 e. The van der Waals surface area contributed by atoms with E-state index >= 15 is 0 Å². The lowest BCUT2D eigenvalue weighted by molar-refractivity contribution is -0.115. The second-order valence-electron chi connectivity index (χ2n) is 6.66. The number of benzene rings is 3. The number of anilines is 1. The first kappa shape index (κ1) is 19.4. The highest BCUT2D eigenvalue weighted by Gasteiger charge is 2.12. The van der Waals surface area contributed by atoms with E-state index in [9.17, 15) is 4.79 Å². The minimum Gasteiger partial charge on any atom is -0.494 e. The van der Waals surface area contributed by atoms with Crippen molar-refractivity contribution in [3.05, 3.63) is 84.4 Å². The molecule has 1 heterocycles. The van der Waals surface area contributed by atoms with Crippen LogP contribution in [0.3, 0.4) is 0 Å². The fraction of sp³-hybridized carbons (Fsp3) is 0.125. The van der Waals surface area contributed by atoms with E-state index in [-0.39, 0.29) is 18.3 Å². The molecule has 0 radical (unpaired) electrons. The van der Waals surface area contributed by atoms with Crippen molar-refractivity contribution in [2.45, 2.75) is 13.3 Å². The zero-order valence-corrected chi connectivity index (χ0v) is 16.5. The summed E-state index contributed by atoms with van der Waals surface area (Å²) >= 11 is 0. The van der Waals surface area contributed by atoms with Gasteiger partial charge in [0, 0.05) is 5.56 Å². The molecular formula is C24H21N3O3. The highest BCUT2D eigenvalue weighted by molar-refractivity contribution is 5.90. The van der Waals surface area contributed by atoms with Crippen LogP contribution in [0.25, 0.3) is 22.6 Å². The molecule has 4 rings (SSSR count). The Morgan fingerprint density at radius 2 is 1.53 bits per heavy atom. The van der Waals surface area contributed by atoms with Gasteiger partial charge in [0.15, 0.2) is 0 Å². The van der Waals surface area contributed by atoms with Crippen molar-refractivity contribution < 1.29 is 13.9 Å². The molecule has 0 saturated carbocycles. The molecule has 1 N–H and O–H groups in total. The molecule has 0 aliphatic carbocycles. The van der Waals surface area contributed by atoms with Gasteiger partial charge in [-0.2, -0.15) is 0 Å². The van der Waals surface area contributed by atoms with Crippen LogP contribution in [0, 0.1) is 0 Å². The molecule has 0 bridgehead atoms. The Labute approximate surface area is 174 Å². The Bertz CT molecular complexity index is 1100. The summed E-state index contributed by atoms with van der Waals surface area (Å²) in [5.41, 5.74) is 3.90. The van der Waals surface area contributed by atoms with Crippen molar-refractivity contribution in [2.75, 3.05) is 11.9 Å². The maximum absolute atomic E-state index is 12.3. The van der Waals surface area contributed by atoms with Gasteiger partial charge in [-0.15, -0.1) is 5.10 Å². The smallest absolute Gasteiger partial charge is 0.322 e. The van der Waals surface area contributed by atoms with E-state index in [1.165, 1.54) is 0 Å². The maximum atomic E-state index is 12.3. The normalized spacial score (nSPS) is 10.6. The first-order valence-corrected chi connectivity index (χ1v) is 9.72. The fourth-order valence-electron chi connectivity index (χ4n) is 3.05. The van der Waals surface area contributed by atoms with E-state index in [0.717, 1.165) is 28.0 Å². The molecule has 0 atom stereocenters. The van der Waals surface area contributed by atoms with Gasteiger partial charge in [0.2, 0.25) is 11.8 Å². The zero-order valence-electron chi connectivity index (χ0n) is 16.5. The van der Waals surface area contributed by atoms with Gasteiger partial charge >= 0.3 is 6.01 Å². The van der Waals surface area contributed by atoms with E-state index < -0.39 is 0 Å². The molecule has 1 aromatic heterocycles. The standard InChI is InChI=1S/C24H21N3O3/c1-2-29-21-14-12-20(13-15-21)23-26-27-24(30-23)25-22(28)16-17-8-10-19(11-9-17)18-6-4-3-5-7-18/h3-15H,2,16H2,1H3,(H,25,27,28). The molecule has 4 aromatic rings. The SMILES string of the molecule is CCOc1ccc(-c2nnc(NC(=O)Cc3ccc(-c4ccccc4)cc3)o2)cc1. The topological polar surface area (TPSA) is 77.3 Å². The Kier molecular flexibility index (Phi) is 5.85. The van der Waals surface area contributed by atoms with Crippen LogP contribution in [0.1, 0.15) is 12.5 Å². The lowest BCUT2D eigenvalue weighted by Crippen LogP contribution is -2.14. The molecule has 150 valence electrons. The molecule has 0 saturated heterocycles.